The number of nitrogens with one attached hydrogen (secondary N) is 1. The summed E-state index contributed by atoms with van der Waals surface area (Å²) in [7, 11) is 0. The van der Waals surface area contributed by atoms with Gasteiger partial charge in [0.05, 0.1) is 24.7 Å². The molecule has 150 valence electrons. The highest BCUT2D eigenvalue weighted by Gasteiger charge is 2.64. The Bertz CT molecular complexity index is 818. The number of nitrogens with zero attached hydrogens (tertiary/aromatic N) is 1. The number of ether oxygens (including phenoxy) is 1. The molecule has 3 saturated heterocycles. The molecule has 1 saturated carbocycles. The number of carbonyl (C=O) groups excluding carboxylic acids is 2. The van der Waals surface area contributed by atoms with Crippen LogP contribution in [0.15, 0.2) is 24.3 Å². The Morgan fingerprint density at radius 1 is 1.29 bits per heavy atom. The molecular formula is C23H30N2O3. The molecule has 5 rings (SSSR count). The fourth-order valence-corrected chi connectivity index (χ4v) is 5.70. The van der Waals surface area contributed by atoms with E-state index in [0.717, 1.165) is 44.3 Å². The fourth-order valence-electron chi connectivity index (χ4n) is 5.70. The molecule has 1 aromatic carbocycles. The molecule has 28 heavy (non-hydrogen) atoms. The second-order valence-electron chi connectivity index (χ2n) is 9.75. The van der Waals surface area contributed by atoms with Crippen molar-refractivity contribution >= 4 is 11.8 Å². The molecule has 4 aliphatic rings. The number of benzene rings is 1. The molecule has 0 unspecified atom stereocenters. The third-order valence-electron chi connectivity index (χ3n) is 7.57. The fraction of sp³-hybridized carbons (Fsp3) is 0.652. The maximum atomic E-state index is 12.8. The van der Waals surface area contributed by atoms with Crippen molar-refractivity contribution in [1.29, 1.82) is 0 Å². The normalized spacial score (nSPS) is 34.4. The Labute approximate surface area is 166 Å². The number of carbonyl (C=O) groups is 2. The van der Waals surface area contributed by atoms with Gasteiger partial charge in [-0.25, -0.2) is 0 Å². The third-order valence-corrected chi connectivity index (χ3v) is 7.57. The summed E-state index contributed by atoms with van der Waals surface area (Å²) in [6.45, 7) is 6.33. The van der Waals surface area contributed by atoms with E-state index in [9.17, 15) is 9.59 Å². The van der Waals surface area contributed by atoms with Gasteiger partial charge in [0.25, 0.3) is 0 Å². The lowest BCUT2D eigenvalue weighted by Gasteiger charge is -2.29. The lowest BCUT2D eigenvalue weighted by atomic mass is 9.73. The van der Waals surface area contributed by atoms with Gasteiger partial charge in [0.2, 0.25) is 11.8 Å². The van der Waals surface area contributed by atoms with Gasteiger partial charge >= 0.3 is 0 Å². The van der Waals surface area contributed by atoms with Gasteiger partial charge in [0.15, 0.2) is 0 Å². The summed E-state index contributed by atoms with van der Waals surface area (Å²) >= 11 is 0. The van der Waals surface area contributed by atoms with Crippen LogP contribution in [0, 0.1) is 24.2 Å². The number of hydrogen-bond acceptors (Lipinski definition) is 3. The minimum absolute atomic E-state index is 0.0684. The van der Waals surface area contributed by atoms with Gasteiger partial charge in [0.1, 0.15) is 0 Å². The van der Waals surface area contributed by atoms with Crippen molar-refractivity contribution in [3.05, 3.63) is 35.4 Å². The Balaban J connectivity index is 1.22. The van der Waals surface area contributed by atoms with Crippen molar-refractivity contribution in [3.8, 4) is 0 Å². The maximum absolute atomic E-state index is 12.8. The van der Waals surface area contributed by atoms with Crippen molar-refractivity contribution < 1.29 is 14.3 Å². The van der Waals surface area contributed by atoms with Crippen LogP contribution in [0.1, 0.15) is 43.7 Å². The van der Waals surface area contributed by atoms with Crippen molar-refractivity contribution in [1.82, 2.24) is 10.2 Å². The average Bonchev–Trinajstić information content (AvgIpc) is 3.03. The molecule has 3 heterocycles. The zero-order valence-electron chi connectivity index (χ0n) is 16.9. The molecule has 3 aliphatic heterocycles. The van der Waals surface area contributed by atoms with E-state index in [-0.39, 0.29) is 23.0 Å². The van der Waals surface area contributed by atoms with E-state index in [4.69, 9.17) is 4.74 Å². The lowest BCUT2D eigenvalue weighted by molar-refractivity contribution is -0.137. The Morgan fingerprint density at radius 3 is 2.86 bits per heavy atom. The largest absolute Gasteiger partial charge is 0.369 e. The number of hydrogen-bond donors (Lipinski definition) is 1. The van der Waals surface area contributed by atoms with E-state index in [1.165, 1.54) is 5.56 Å². The standard InChI is InChI=1S/C23H30N2O3/c1-15-4-3-5-16(10-15)11-20(26)24-12-17-18-13-25(21(27)22(2)8-9-22)14-23(18)7-6-19(17)28-23/h3-5,10,17-19H,6-9,11-14H2,1-2H3,(H,24,26)/t17-,18+,19+,23+/m0/s1. The maximum Gasteiger partial charge on any atom is 0.228 e. The van der Waals surface area contributed by atoms with Crippen LogP contribution in [0.2, 0.25) is 0 Å². The van der Waals surface area contributed by atoms with E-state index in [1.54, 1.807) is 0 Å². The van der Waals surface area contributed by atoms with Crippen LogP contribution in [-0.2, 0) is 20.7 Å². The van der Waals surface area contributed by atoms with E-state index in [0.29, 0.717) is 30.7 Å². The van der Waals surface area contributed by atoms with Gasteiger partial charge < -0.3 is 15.0 Å². The van der Waals surface area contributed by atoms with Gasteiger partial charge in [-0.2, -0.15) is 0 Å². The summed E-state index contributed by atoms with van der Waals surface area (Å²) < 4.78 is 6.43. The number of fused-ring (bicyclic) bond motifs is 1. The van der Waals surface area contributed by atoms with Gasteiger partial charge in [-0.15, -0.1) is 0 Å². The summed E-state index contributed by atoms with van der Waals surface area (Å²) in [6.07, 6.45) is 4.78. The SMILES string of the molecule is Cc1cccc(CC(=O)NC[C@H]2[C@H]3CN(C(=O)C4(C)CC4)C[C@]34CC[C@H]2O4)c1. The first kappa shape index (κ1) is 18.2. The van der Waals surface area contributed by atoms with Crippen LogP contribution in [0.25, 0.3) is 0 Å². The van der Waals surface area contributed by atoms with Crippen molar-refractivity contribution in [2.24, 2.45) is 17.3 Å². The highest BCUT2D eigenvalue weighted by molar-refractivity contribution is 5.85. The van der Waals surface area contributed by atoms with Crippen molar-refractivity contribution in [2.75, 3.05) is 19.6 Å². The van der Waals surface area contributed by atoms with Crippen LogP contribution in [0.4, 0.5) is 0 Å². The average molecular weight is 383 g/mol. The zero-order valence-corrected chi connectivity index (χ0v) is 16.9. The molecule has 1 N–H and O–H groups in total. The minimum atomic E-state index is -0.155. The Kier molecular flexibility index (Phi) is 4.10. The molecule has 1 aliphatic carbocycles. The quantitative estimate of drug-likeness (QED) is 0.851. The summed E-state index contributed by atoms with van der Waals surface area (Å²) in [6, 6.07) is 8.11. The first-order chi connectivity index (χ1) is 13.4. The van der Waals surface area contributed by atoms with Gasteiger partial charge in [-0.3, -0.25) is 9.59 Å². The number of aryl methyl sites for hydroxylation is 1. The van der Waals surface area contributed by atoms with Gasteiger partial charge in [-0.05, 0) is 38.2 Å². The van der Waals surface area contributed by atoms with Crippen molar-refractivity contribution in [3.63, 3.8) is 0 Å². The van der Waals surface area contributed by atoms with Crippen LogP contribution in [0.5, 0.6) is 0 Å². The Hall–Kier alpha value is -1.88. The third kappa shape index (κ3) is 2.95. The summed E-state index contributed by atoms with van der Waals surface area (Å²) in [5, 5.41) is 3.15. The number of rotatable bonds is 5. The molecule has 2 amide bonds. The summed E-state index contributed by atoms with van der Waals surface area (Å²) in [4.78, 5) is 27.4. The minimum Gasteiger partial charge on any atom is -0.369 e. The molecule has 0 aromatic heterocycles. The van der Waals surface area contributed by atoms with Crippen LogP contribution in [-0.4, -0.2) is 48.1 Å². The van der Waals surface area contributed by atoms with E-state index in [2.05, 4.69) is 23.2 Å². The molecule has 4 atom stereocenters. The first-order valence-electron chi connectivity index (χ1n) is 10.7. The predicted octanol–water partition coefficient (Wildman–Crippen LogP) is 2.46. The van der Waals surface area contributed by atoms with E-state index < -0.39 is 0 Å². The van der Waals surface area contributed by atoms with Gasteiger partial charge in [-0.1, -0.05) is 36.8 Å². The highest BCUT2D eigenvalue weighted by atomic mass is 16.5. The smallest absolute Gasteiger partial charge is 0.228 e. The first-order valence-corrected chi connectivity index (χ1v) is 10.7. The molecule has 0 radical (unpaired) electrons. The summed E-state index contributed by atoms with van der Waals surface area (Å²) in [5.74, 6) is 1.06. The Morgan fingerprint density at radius 2 is 2.11 bits per heavy atom. The molecule has 1 aromatic rings. The highest BCUT2D eigenvalue weighted by Crippen LogP contribution is 2.56. The number of likely N-dealkylation sites (tertiary alicyclic amines) is 1. The van der Waals surface area contributed by atoms with Crippen molar-refractivity contribution in [2.45, 2.75) is 57.7 Å². The number of amides is 2. The monoisotopic (exact) mass is 382 g/mol. The van der Waals surface area contributed by atoms with Crippen LogP contribution < -0.4 is 5.32 Å². The predicted molar refractivity (Wildman–Crippen MR) is 106 cm³/mol. The van der Waals surface area contributed by atoms with Crippen LogP contribution in [0.3, 0.4) is 0 Å². The lowest BCUT2D eigenvalue weighted by Crippen LogP contribution is -2.42. The van der Waals surface area contributed by atoms with E-state index in [1.807, 2.05) is 25.1 Å². The molecular weight excluding hydrogens is 352 g/mol. The molecule has 5 nitrogen and oxygen atoms in total. The topological polar surface area (TPSA) is 58.6 Å². The van der Waals surface area contributed by atoms with E-state index >= 15 is 0 Å². The van der Waals surface area contributed by atoms with Crippen LogP contribution >= 0.6 is 0 Å². The second-order valence-corrected chi connectivity index (χ2v) is 9.75. The summed E-state index contributed by atoms with van der Waals surface area (Å²) in [5.41, 5.74) is 1.95. The second kappa shape index (κ2) is 6.31. The van der Waals surface area contributed by atoms with Gasteiger partial charge in [0, 0.05) is 30.3 Å². The molecule has 1 spiro atoms. The zero-order chi connectivity index (χ0) is 19.5. The molecule has 5 heteroatoms. The molecule has 2 bridgehead atoms. The molecule has 4 fully saturated rings.